The van der Waals surface area contributed by atoms with Crippen LogP contribution in [0.15, 0.2) is 35.8 Å². The first-order valence-corrected chi connectivity index (χ1v) is 9.55. The third-order valence-electron chi connectivity index (χ3n) is 4.52. The van der Waals surface area contributed by atoms with Gasteiger partial charge in [-0.15, -0.1) is 11.3 Å². The van der Waals surface area contributed by atoms with E-state index in [0.29, 0.717) is 12.2 Å². The highest BCUT2D eigenvalue weighted by molar-refractivity contribution is 7.09. The van der Waals surface area contributed by atoms with Crippen molar-refractivity contribution in [2.24, 2.45) is 7.05 Å². The number of benzene rings is 1. The van der Waals surface area contributed by atoms with Gasteiger partial charge in [-0.25, -0.2) is 14.2 Å². The van der Waals surface area contributed by atoms with Gasteiger partial charge in [-0.1, -0.05) is 19.1 Å². The number of nitrogens with zero attached hydrogens (tertiary/aromatic N) is 4. The molecule has 2 amide bonds. The molecule has 0 radical (unpaired) electrons. The number of carbonyl (C=O) groups excluding carboxylic acids is 1. The molecule has 1 aromatic carbocycles. The van der Waals surface area contributed by atoms with E-state index in [1.807, 2.05) is 19.2 Å². The maximum atomic E-state index is 13.3. The van der Waals surface area contributed by atoms with E-state index in [-0.39, 0.29) is 17.9 Å². The minimum absolute atomic E-state index is 0.154. The summed E-state index contributed by atoms with van der Waals surface area (Å²) in [5.74, 6) is 0.282. The number of anilines is 1. The second kappa shape index (κ2) is 7.87. The molecule has 6 nitrogen and oxygen atoms in total. The Morgan fingerprint density at radius 3 is 2.67 bits per heavy atom. The molecule has 0 unspecified atom stereocenters. The minimum atomic E-state index is -0.303. The van der Waals surface area contributed by atoms with Crippen molar-refractivity contribution in [2.45, 2.75) is 26.3 Å². The molecule has 3 aromatic rings. The van der Waals surface area contributed by atoms with Gasteiger partial charge in [0, 0.05) is 31.2 Å². The molecule has 1 N–H and O–H groups in total. The number of hydrogen-bond donors (Lipinski definition) is 1. The first-order chi connectivity index (χ1) is 12.9. The highest BCUT2D eigenvalue weighted by atomic mass is 32.1. The van der Waals surface area contributed by atoms with Crippen LogP contribution in [0.2, 0.25) is 0 Å². The summed E-state index contributed by atoms with van der Waals surface area (Å²) in [4.78, 5) is 18.7. The van der Waals surface area contributed by atoms with Crippen LogP contribution in [0.25, 0.3) is 11.1 Å². The summed E-state index contributed by atoms with van der Waals surface area (Å²) < 4.78 is 15.0. The number of nitrogens with one attached hydrogen (secondary N) is 1. The first-order valence-electron chi connectivity index (χ1n) is 8.67. The minimum Gasteiger partial charge on any atom is -0.318 e. The van der Waals surface area contributed by atoms with E-state index in [0.717, 1.165) is 21.8 Å². The molecule has 0 fully saturated rings. The monoisotopic (exact) mass is 387 g/mol. The topological polar surface area (TPSA) is 63.1 Å². The third-order valence-corrected chi connectivity index (χ3v) is 5.47. The number of rotatable bonds is 5. The lowest BCUT2D eigenvalue weighted by atomic mass is 10.0. The van der Waals surface area contributed by atoms with Crippen LogP contribution in [0.3, 0.4) is 0 Å². The summed E-state index contributed by atoms with van der Waals surface area (Å²) in [5.41, 5.74) is 2.46. The number of aromatic nitrogens is 3. The lowest BCUT2D eigenvalue weighted by Gasteiger charge is -2.24. The van der Waals surface area contributed by atoms with E-state index in [2.05, 4.69) is 15.4 Å². The number of aryl methyl sites for hydroxylation is 2. The van der Waals surface area contributed by atoms with Crippen LogP contribution in [-0.4, -0.2) is 32.7 Å². The Morgan fingerprint density at radius 1 is 1.37 bits per heavy atom. The zero-order chi connectivity index (χ0) is 19.6. The van der Waals surface area contributed by atoms with Crippen molar-refractivity contribution in [3.05, 3.63) is 52.4 Å². The summed E-state index contributed by atoms with van der Waals surface area (Å²) in [7, 11) is 3.52. The molecule has 142 valence electrons. The number of hydrogen-bond acceptors (Lipinski definition) is 4. The molecule has 8 heteroatoms. The van der Waals surface area contributed by atoms with Gasteiger partial charge in [-0.3, -0.25) is 10.00 Å². The van der Waals surface area contributed by atoms with Crippen LogP contribution >= 0.6 is 11.3 Å². The predicted octanol–water partition coefficient (Wildman–Crippen LogP) is 4.47. The van der Waals surface area contributed by atoms with Gasteiger partial charge < -0.3 is 4.90 Å². The number of urea groups is 1. The van der Waals surface area contributed by atoms with Crippen LogP contribution in [0.4, 0.5) is 15.0 Å². The molecular weight excluding hydrogens is 365 g/mol. The van der Waals surface area contributed by atoms with Gasteiger partial charge in [0.05, 0.1) is 11.7 Å². The Bertz CT molecular complexity index is 920. The molecular formula is C19H22FN5OS. The SMILES string of the molecule is CCc1nn(C)c(NC(=O)N(C)[C@@H](C)c2nccs2)c1-c1ccc(F)cc1. The number of thiazole rings is 1. The number of carbonyl (C=O) groups is 1. The summed E-state index contributed by atoms with van der Waals surface area (Å²) in [6.45, 7) is 3.93. The highest BCUT2D eigenvalue weighted by Gasteiger charge is 2.23. The van der Waals surface area contributed by atoms with Crippen molar-refractivity contribution in [1.82, 2.24) is 19.7 Å². The van der Waals surface area contributed by atoms with Crippen molar-refractivity contribution < 1.29 is 9.18 Å². The highest BCUT2D eigenvalue weighted by Crippen LogP contribution is 2.32. The van der Waals surface area contributed by atoms with Crippen LogP contribution in [-0.2, 0) is 13.5 Å². The van der Waals surface area contributed by atoms with Crippen molar-refractivity contribution in [2.75, 3.05) is 12.4 Å². The molecule has 0 aliphatic carbocycles. The third kappa shape index (κ3) is 3.85. The normalized spacial score (nSPS) is 12.0. The summed E-state index contributed by atoms with van der Waals surface area (Å²) in [5, 5.41) is 10.2. The fourth-order valence-corrected chi connectivity index (χ4v) is 3.60. The largest absolute Gasteiger partial charge is 0.323 e. The fraction of sp³-hybridized carbons (Fsp3) is 0.316. The van der Waals surface area contributed by atoms with E-state index in [1.54, 1.807) is 42.0 Å². The van der Waals surface area contributed by atoms with E-state index < -0.39 is 0 Å². The summed E-state index contributed by atoms with van der Waals surface area (Å²) >= 11 is 1.51. The lowest BCUT2D eigenvalue weighted by molar-refractivity contribution is 0.208. The fourth-order valence-electron chi connectivity index (χ4n) is 2.86. The maximum Gasteiger partial charge on any atom is 0.323 e. The number of halogens is 1. The van der Waals surface area contributed by atoms with Crippen molar-refractivity contribution in [3.8, 4) is 11.1 Å². The van der Waals surface area contributed by atoms with E-state index in [1.165, 1.54) is 23.5 Å². The van der Waals surface area contributed by atoms with Gasteiger partial charge >= 0.3 is 6.03 Å². The molecule has 0 aliphatic rings. The zero-order valence-corrected chi connectivity index (χ0v) is 16.5. The molecule has 1 atom stereocenters. The molecule has 0 bridgehead atoms. The zero-order valence-electron chi connectivity index (χ0n) is 15.7. The summed E-state index contributed by atoms with van der Waals surface area (Å²) in [6.07, 6.45) is 2.42. The quantitative estimate of drug-likeness (QED) is 0.702. The van der Waals surface area contributed by atoms with Crippen molar-refractivity contribution in [3.63, 3.8) is 0 Å². The van der Waals surface area contributed by atoms with Crippen LogP contribution < -0.4 is 5.32 Å². The molecule has 27 heavy (non-hydrogen) atoms. The average molecular weight is 387 g/mol. The van der Waals surface area contributed by atoms with Gasteiger partial charge in [0.2, 0.25) is 0 Å². The molecule has 2 aromatic heterocycles. The number of amides is 2. The Balaban J connectivity index is 1.91. The van der Waals surface area contributed by atoms with Gasteiger partial charge in [0.1, 0.15) is 16.6 Å². The molecule has 3 rings (SSSR count). The summed E-state index contributed by atoms with van der Waals surface area (Å²) in [6, 6.07) is 5.80. The Morgan fingerprint density at radius 2 is 2.07 bits per heavy atom. The second-order valence-corrected chi connectivity index (χ2v) is 7.17. The van der Waals surface area contributed by atoms with Gasteiger partial charge in [0.25, 0.3) is 0 Å². The molecule has 0 saturated carbocycles. The van der Waals surface area contributed by atoms with Gasteiger partial charge in [-0.05, 0) is 31.0 Å². The first kappa shape index (κ1) is 19.0. The van der Waals surface area contributed by atoms with E-state index in [9.17, 15) is 9.18 Å². The molecule has 0 spiro atoms. The molecule has 0 aliphatic heterocycles. The second-order valence-electron chi connectivity index (χ2n) is 6.24. The Labute approximate surface area is 161 Å². The van der Waals surface area contributed by atoms with Crippen LogP contribution in [0.1, 0.15) is 30.6 Å². The standard InChI is InChI=1S/C19H22FN5OS/c1-5-15-16(13-6-8-14(20)9-7-13)17(25(4)23-15)22-19(26)24(3)12(2)18-21-10-11-27-18/h6-12H,5H2,1-4H3,(H,22,26)/t12-/m0/s1. The average Bonchev–Trinajstić information content (AvgIpc) is 3.30. The molecule has 0 saturated heterocycles. The smallest absolute Gasteiger partial charge is 0.318 e. The van der Waals surface area contributed by atoms with Crippen molar-refractivity contribution in [1.29, 1.82) is 0 Å². The van der Waals surface area contributed by atoms with E-state index in [4.69, 9.17) is 0 Å². The maximum absolute atomic E-state index is 13.3. The molecule has 2 heterocycles. The Kier molecular flexibility index (Phi) is 5.55. The van der Waals surface area contributed by atoms with Crippen molar-refractivity contribution >= 4 is 23.2 Å². The van der Waals surface area contributed by atoms with Gasteiger partial charge in [-0.2, -0.15) is 5.10 Å². The Hall–Kier alpha value is -2.74. The van der Waals surface area contributed by atoms with E-state index >= 15 is 0 Å². The van der Waals surface area contributed by atoms with Crippen LogP contribution in [0, 0.1) is 5.82 Å². The van der Waals surface area contributed by atoms with Gasteiger partial charge in [0.15, 0.2) is 0 Å². The lowest BCUT2D eigenvalue weighted by Crippen LogP contribution is -2.34. The van der Waals surface area contributed by atoms with Crippen LogP contribution in [0.5, 0.6) is 0 Å². The predicted molar refractivity (Wildman–Crippen MR) is 105 cm³/mol.